The molecule has 1 atom stereocenters. The maximum absolute atomic E-state index is 13.7. The molecule has 5 heteroatoms. The van der Waals surface area contributed by atoms with Gasteiger partial charge in [-0.15, -0.1) is 0 Å². The van der Waals surface area contributed by atoms with Gasteiger partial charge in [-0.25, -0.2) is 8.78 Å². The van der Waals surface area contributed by atoms with E-state index < -0.39 is 11.6 Å². The van der Waals surface area contributed by atoms with Gasteiger partial charge in [-0.2, -0.15) is 0 Å². The van der Waals surface area contributed by atoms with Crippen LogP contribution in [0.25, 0.3) is 0 Å². The first-order chi connectivity index (χ1) is 7.72. The lowest BCUT2D eigenvalue weighted by atomic mass is 10.0. The van der Waals surface area contributed by atoms with Crippen molar-refractivity contribution in [2.24, 2.45) is 0 Å². The predicted octanol–water partition coefficient (Wildman–Crippen LogP) is 1.21. The van der Waals surface area contributed by atoms with Crippen LogP contribution >= 0.6 is 0 Å². The van der Waals surface area contributed by atoms with Gasteiger partial charge in [0.1, 0.15) is 17.4 Å². The molecule has 0 aromatic heterocycles. The Balaban J connectivity index is 2.32. The number of rotatable bonds is 2. The van der Waals surface area contributed by atoms with Crippen LogP contribution in [0.3, 0.4) is 0 Å². The fourth-order valence-electron chi connectivity index (χ4n) is 1.87. The van der Waals surface area contributed by atoms with Gasteiger partial charge in [0, 0.05) is 37.3 Å². The quantitative estimate of drug-likeness (QED) is 0.798. The molecule has 16 heavy (non-hydrogen) atoms. The smallest absolute Gasteiger partial charge is 0.134 e. The van der Waals surface area contributed by atoms with E-state index in [0.717, 1.165) is 6.54 Å². The van der Waals surface area contributed by atoms with Gasteiger partial charge in [0.25, 0.3) is 0 Å². The molecule has 0 saturated carbocycles. The van der Waals surface area contributed by atoms with Crippen LogP contribution in [0.2, 0.25) is 0 Å². The van der Waals surface area contributed by atoms with E-state index in [0.29, 0.717) is 13.1 Å². The molecule has 0 bridgehead atoms. The standard InChI is InChI=1S/C11H14F2N2O/c1-16-7-4-8(12)11(9(13)5-7)10-6-14-2-3-15-10/h4-5,10,14-15H,2-3,6H2,1H3/t10-/m1/s1. The average Bonchev–Trinajstić information content (AvgIpc) is 2.29. The van der Waals surface area contributed by atoms with Crippen molar-refractivity contribution in [2.45, 2.75) is 6.04 Å². The number of piperazine rings is 1. The molecule has 1 aliphatic rings. The summed E-state index contributed by atoms with van der Waals surface area (Å²) in [5, 5.41) is 6.16. The topological polar surface area (TPSA) is 33.3 Å². The lowest BCUT2D eigenvalue weighted by Gasteiger charge is -2.25. The van der Waals surface area contributed by atoms with Crippen molar-refractivity contribution in [1.29, 1.82) is 0 Å². The van der Waals surface area contributed by atoms with E-state index in [2.05, 4.69) is 10.6 Å². The summed E-state index contributed by atoms with van der Waals surface area (Å²) in [6.45, 7) is 2.05. The summed E-state index contributed by atoms with van der Waals surface area (Å²) in [5.74, 6) is -0.946. The fraction of sp³-hybridized carbons (Fsp3) is 0.455. The SMILES string of the molecule is COc1cc(F)c([C@H]2CNCCN2)c(F)c1. The van der Waals surface area contributed by atoms with Crippen LogP contribution in [0, 0.1) is 11.6 Å². The van der Waals surface area contributed by atoms with E-state index in [-0.39, 0.29) is 17.4 Å². The van der Waals surface area contributed by atoms with Crippen LogP contribution in [0.5, 0.6) is 5.75 Å². The van der Waals surface area contributed by atoms with Crippen molar-refractivity contribution >= 4 is 0 Å². The van der Waals surface area contributed by atoms with Crippen LogP contribution in [0.1, 0.15) is 11.6 Å². The largest absolute Gasteiger partial charge is 0.497 e. The molecule has 1 heterocycles. The highest BCUT2D eigenvalue weighted by Gasteiger charge is 2.22. The molecule has 1 aromatic rings. The third-order valence-electron chi connectivity index (χ3n) is 2.68. The third kappa shape index (κ3) is 2.15. The average molecular weight is 228 g/mol. The molecule has 3 nitrogen and oxygen atoms in total. The molecule has 1 saturated heterocycles. The lowest BCUT2D eigenvalue weighted by molar-refractivity contribution is 0.385. The Bertz CT molecular complexity index is 355. The molecule has 0 unspecified atom stereocenters. The predicted molar refractivity (Wildman–Crippen MR) is 56.5 cm³/mol. The van der Waals surface area contributed by atoms with Gasteiger partial charge in [0.05, 0.1) is 13.2 Å². The van der Waals surface area contributed by atoms with Gasteiger partial charge >= 0.3 is 0 Å². The van der Waals surface area contributed by atoms with Crippen LogP contribution in [0.4, 0.5) is 8.78 Å². The Morgan fingerprint density at radius 3 is 2.44 bits per heavy atom. The summed E-state index contributed by atoms with van der Waals surface area (Å²) in [5.41, 5.74) is 0.0769. The first kappa shape index (κ1) is 11.3. The molecule has 88 valence electrons. The van der Waals surface area contributed by atoms with Crippen LogP contribution in [-0.2, 0) is 0 Å². The van der Waals surface area contributed by atoms with Crippen molar-refractivity contribution in [3.05, 3.63) is 29.3 Å². The van der Waals surface area contributed by atoms with E-state index in [4.69, 9.17) is 4.74 Å². The van der Waals surface area contributed by atoms with E-state index in [1.807, 2.05) is 0 Å². The molecule has 2 rings (SSSR count). The zero-order valence-electron chi connectivity index (χ0n) is 9.02. The molecular formula is C11H14F2N2O. The molecule has 0 spiro atoms. The van der Waals surface area contributed by atoms with E-state index in [1.165, 1.54) is 19.2 Å². The summed E-state index contributed by atoms with van der Waals surface area (Å²) >= 11 is 0. The number of ether oxygens (including phenoxy) is 1. The molecule has 2 N–H and O–H groups in total. The fourth-order valence-corrected chi connectivity index (χ4v) is 1.87. The molecule has 1 aromatic carbocycles. The molecule has 0 amide bonds. The lowest BCUT2D eigenvalue weighted by Crippen LogP contribution is -2.43. The second kappa shape index (κ2) is 4.76. The summed E-state index contributed by atoms with van der Waals surface area (Å²) in [6, 6.07) is 2.09. The monoisotopic (exact) mass is 228 g/mol. The number of methoxy groups -OCH3 is 1. The Kier molecular flexibility index (Phi) is 3.36. The van der Waals surface area contributed by atoms with Gasteiger partial charge in [0.15, 0.2) is 0 Å². The Hall–Kier alpha value is -1.20. The maximum Gasteiger partial charge on any atom is 0.134 e. The second-order valence-electron chi connectivity index (χ2n) is 3.72. The Labute approximate surface area is 92.8 Å². The highest BCUT2D eigenvalue weighted by molar-refractivity contribution is 5.32. The van der Waals surface area contributed by atoms with Gasteiger partial charge in [-0.1, -0.05) is 0 Å². The summed E-state index contributed by atoms with van der Waals surface area (Å²) in [6.07, 6.45) is 0. The molecule has 0 radical (unpaired) electrons. The molecule has 1 aliphatic heterocycles. The number of nitrogens with one attached hydrogen (secondary N) is 2. The first-order valence-electron chi connectivity index (χ1n) is 5.19. The van der Waals surface area contributed by atoms with Crippen molar-refractivity contribution in [3.8, 4) is 5.75 Å². The summed E-state index contributed by atoms with van der Waals surface area (Å²) in [7, 11) is 1.38. The number of hydrogen-bond acceptors (Lipinski definition) is 3. The normalized spacial score (nSPS) is 20.8. The van der Waals surface area contributed by atoms with Gasteiger partial charge < -0.3 is 15.4 Å². The minimum absolute atomic E-state index is 0.0769. The van der Waals surface area contributed by atoms with E-state index in [1.54, 1.807) is 0 Å². The molecular weight excluding hydrogens is 214 g/mol. The maximum atomic E-state index is 13.7. The number of benzene rings is 1. The Morgan fingerprint density at radius 2 is 1.94 bits per heavy atom. The van der Waals surface area contributed by atoms with Crippen molar-refractivity contribution in [2.75, 3.05) is 26.7 Å². The number of halogens is 2. The number of hydrogen-bond donors (Lipinski definition) is 2. The van der Waals surface area contributed by atoms with E-state index in [9.17, 15) is 8.78 Å². The molecule has 0 aliphatic carbocycles. The highest BCUT2D eigenvalue weighted by atomic mass is 19.1. The third-order valence-corrected chi connectivity index (χ3v) is 2.68. The zero-order chi connectivity index (χ0) is 11.5. The second-order valence-corrected chi connectivity index (χ2v) is 3.72. The molecule has 1 fully saturated rings. The zero-order valence-corrected chi connectivity index (χ0v) is 9.02. The van der Waals surface area contributed by atoms with Crippen molar-refractivity contribution < 1.29 is 13.5 Å². The Morgan fingerprint density at radius 1 is 1.25 bits per heavy atom. The van der Waals surface area contributed by atoms with Gasteiger partial charge in [-0.05, 0) is 0 Å². The summed E-state index contributed by atoms with van der Waals surface area (Å²) < 4.78 is 32.2. The van der Waals surface area contributed by atoms with Crippen molar-refractivity contribution in [1.82, 2.24) is 10.6 Å². The van der Waals surface area contributed by atoms with Gasteiger partial charge in [0.2, 0.25) is 0 Å². The first-order valence-corrected chi connectivity index (χ1v) is 5.19. The minimum atomic E-state index is -0.571. The van der Waals surface area contributed by atoms with E-state index >= 15 is 0 Å². The summed E-state index contributed by atoms with van der Waals surface area (Å²) in [4.78, 5) is 0. The van der Waals surface area contributed by atoms with Crippen LogP contribution < -0.4 is 15.4 Å². The van der Waals surface area contributed by atoms with Crippen LogP contribution in [-0.4, -0.2) is 26.7 Å². The highest BCUT2D eigenvalue weighted by Crippen LogP contribution is 2.25. The van der Waals surface area contributed by atoms with Gasteiger partial charge in [-0.3, -0.25) is 0 Å². The van der Waals surface area contributed by atoms with Crippen LogP contribution in [0.15, 0.2) is 12.1 Å². The van der Waals surface area contributed by atoms with Crippen molar-refractivity contribution in [3.63, 3.8) is 0 Å². The minimum Gasteiger partial charge on any atom is -0.497 e.